The topological polar surface area (TPSA) is 53.2 Å². The molecule has 2 N–H and O–H groups in total. The van der Waals surface area contributed by atoms with Gasteiger partial charge in [0, 0.05) is 38.0 Å². The quantitative estimate of drug-likeness (QED) is 0.675. The molecule has 1 aromatic rings. The zero-order chi connectivity index (χ0) is 19.6. The lowest BCUT2D eigenvalue weighted by Crippen LogP contribution is -2.26. The van der Waals surface area contributed by atoms with E-state index < -0.39 is 0 Å². The number of rotatable bonds is 9. The van der Waals surface area contributed by atoms with Gasteiger partial charge in [0.15, 0.2) is 0 Å². The molecule has 0 amide bonds. The van der Waals surface area contributed by atoms with Gasteiger partial charge in [0.05, 0.1) is 12.3 Å². The first kappa shape index (κ1) is 25.1. The summed E-state index contributed by atoms with van der Waals surface area (Å²) in [5.41, 5.74) is 1.23. The van der Waals surface area contributed by atoms with Crippen LogP contribution in [0.1, 0.15) is 71.8 Å². The molecule has 1 aromatic heterocycles. The Morgan fingerprint density at radius 3 is 2.50 bits per heavy atom. The van der Waals surface area contributed by atoms with Crippen LogP contribution in [0.3, 0.4) is 0 Å². The third kappa shape index (κ3) is 14.3. The number of nitrogens with zero attached hydrogens (tertiary/aromatic N) is 2. The van der Waals surface area contributed by atoms with Gasteiger partial charge < -0.3 is 15.0 Å². The smallest absolute Gasteiger partial charge is 0.0532 e. The maximum absolute atomic E-state index is 5.54. The van der Waals surface area contributed by atoms with E-state index in [2.05, 4.69) is 41.3 Å². The van der Waals surface area contributed by atoms with Crippen LogP contribution in [0.15, 0.2) is 12.4 Å². The maximum Gasteiger partial charge on any atom is 0.0532 e. The molecule has 1 fully saturated rings. The van der Waals surface area contributed by atoms with Crippen LogP contribution in [0.4, 0.5) is 0 Å². The molecule has 1 heterocycles. The first-order valence-electron chi connectivity index (χ1n) is 10.5. The van der Waals surface area contributed by atoms with Gasteiger partial charge in [-0.05, 0) is 40.3 Å². The van der Waals surface area contributed by atoms with E-state index in [0.29, 0.717) is 6.10 Å². The van der Waals surface area contributed by atoms with Gasteiger partial charge in [0.2, 0.25) is 0 Å². The molecule has 0 spiro atoms. The molecule has 26 heavy (non-hydrogen) atoms. The molecule has 0 bridgehead atoms. The van der Waals surface area contributed by atoms with Crippen LogP contribution in [-0.2, 0) is 11.3 Å². The summed E-state index contributed by atoms with van der Waals surface area (Å²) in [6, 6.07) is 0. The number of ether oxygens (including phenoxy) is 1. The number of likely N-dealkylation sites (N-methyl/N-ethyl adjacent to an activating group) is 2. The molecule has 1 aliphatic rings. The summed E-state index contributed by atoms with van der Waals surface area (Å²) >= 11 is 0. The Balaban J connectivity index is 0.000000439. The average molecular weight is 369 g/mol. The van der Waals surface area contributed by atoms with Crippen molar-refractivity contribution in [3.8, 4) is 0 Å². The second-order valence-electron chi connectivity index (χ2n) is 7.16. The summed E-state index contributed by atoms with van der Waals surface area (Å²) in [6.45, 7) is 12.2. The summed E-state index contributed by atoms with van der Waals surface area (Å²) < 4.78 is 5.54. The molecule has 5 nitrogen and oxygen atoms in total. The van der Waals surface area contributed by atoms with Gasteiger partial charge in [-0.2, -0.15) is 5.10 Å². The number of aromatic amines is 1. The molecular formula is C21H44N4O. The van der Waals surface area contributed by atoms with Crippen LogP contribution >= 0.6 is 0 Å². The van der Waals surface area contributed by atoms with Gasteiger partial charge in [-0.1, -0.05) is 46.0 Å². The minimum atomic E-state index is 0.411. The van der Waals surface area contributed by atoms with Crippen molar-refractivity contribution in [2.24, 2.45) is 5.92 Å². The number of nitrogens with one attached hydrogen (secondary N) is 2. The molecule has 0 saturated heterocycles. The molecule has 0 atom stereocenters. The van der Waals surface area contributed by atoms with Crippen molar-refractivity contribution in [3.63, 3.8) is 0 Å². The van der Waals surface area contributed by atoms with Gasteiger partial charge in [-0.25, -0.2) is 0 Å². The van der Waals surface area contributed by atoms with Crippen molar-refractivity contribution in [1.82, 2.24) is 20.4 Å². The highest BCUT2D eigenvalue weighted by atomic mass is 16.5. The molecule has 0 aliphatic heterocycles. The lowest BCUT2D eigenvalue weighted by molar-refractivity contribution is 0.0648. The Labute approximate surface area is 162 Å². The zero-order valence-electron chi connectivity index (χ0n) is 18.2. The second kappa shape index (κ2) is 17.5. The number of aromatic nitrogens is 2. The summed E-state index contributed by atoms with van der Waals surface area (Å²) in [5.74, 6) is 0.970. The Morgan fingerprint density at radius 1 is 1.27 bits per heavy atom. The van der Waals surface area contributed by atoms with Crippen molar-refractivity contribution < 1.29 is 4.74 Å². The fourth-order valence-electron chi connectivity index (χ4n) is 3.00. The van der Waals surface area contributed by atoms with Crippen molar-refractivity contribution in [2.45, 2.75) is 78.9 Å². The normalized spacial score (nSPS) is 14.6. The standard InChI is InChI=1S/C11H22O.C8H16N4.C2H6/c1-10(2)12-9-8-11-6-4-3-5-7-11;1-9-3-4-12(2)7-8-5-10-11-6-8;1-2/h10-11H,3-9H2,1-2H3;5-6,9H,3-4,7H2,1-2H3,(H,10,11);1-2H3. The predicted octanol–water partition coefficient (Wildman–Crippen LogP) is 4.47. The van der Waals surface area contributed by atoms with E-state index in [9.17, 15) is 0 Å². The molecule has 1 aliphatic carbocycles. The number of hydrogen-bond acceptors (Lipinski definition) is 4. The van der Waals surface area contributed by atoms with Crippen LogP contribution in [0.25, 0.3) is 0 Å². The molecular weight excluding hydrogens is 324 g/mol. The second-order valence-corrected chi connectivity index (χ2v) is 7.16. The summed E-state index contributed by atoms with van der Waals surface area (Å²) in [5, 5.41) is 9.80. The average Bonchev–Trinajstić information content (AvgIpc) is 3.16. The molecule has 1 saturated carbocycles. The fraction of sp³-hybridized carbons (Fsp3) is 0.857. The van der Waals surface area contributed by atoms with E-state index >= 15 is 0 Å². The monoisotopic (exact) mass is 368 g/mol. The highest BCUT2D eigenvalue weighted by Gasteiger charge is 2.12. The van der Waals surface area contributed by atoms with Gasteiger partial charge in [0.25, 0.3) is 0 Å². The molecule has 0 radical (unpaired) electrons. The van der Waals surface area contributed by atoms with Gasteiger partial charge in [-0.3, -0.25) is 5.10 Å². The minimum absolute atomic E-state index is 0.411. The molecule has 5 heteroatoms. The summed E-state index contributed by atoms with van der Waals surface area (Å²) in [7, 11) is 4.07. The first-order chi connectivity index (χ1) is 12.6. The largest absolute Gasteiger partial charge is 0.379 e. The van der Waals surface area contributed by atoms with Crippen molar-refractivity contribution in [2.75, 3.05) is 33.8 Å². The zero-order valence-corrected chi connectivity index (χ0v) is 18.2. The number of H-pyrrole nitrogens is 1. The summed E-state index contributed by atoms with van der Waals surface area (Å²) in [4.78, 5) is 2.25. The Morgan fingerprint density at radius 2 is 1.96 bits per heavy atom. The number of hydrogen-bond donors (Lipinski definition) is 2. The van der Waals surface area contributed by atoms with Crippen LogP contribution in [0, 0.1) is 5.92 Å². The lowest BCUT2D eigenvalue weighted by atomic mass is 9.87. The molecule has 154 valence electrons. The minimum Gasteiger partial charge on any atom is -0.379 e. The van der Waals surface area contributed by atoms with Crippen LogP contribution in [0.2, 0.25) is 0 Å². The van der Waals surface area contributed by atoms with Crippen molar-refractivity contribution in [3.05, 3.63) is 18.0 Å². The van der Waals surface area contributed by atoms with Gasteiger partial charge >= 0.3 is 0 Å². The van der Waals surface area contributed by atoms with Crippen LogP contribution in [0.5, 0.6) is 0 Å². The van der Waals surface area contributed by atoms with E-state index in [1.54, 1.807) is 0 Å². The van der Waals surface area contributed by atoms with E-state index in [-0.39, 0.29) is 0 Å². The third-order valence-corrected chi connectivity index (χ3v) is 4.45. The Kier molecular flexibility index (Phi) is 16.9. The fourth-order valence-corrected chi connectivity index (χ4v) is 3.00. The van der Waals surface area contributed by atoms with Crippen LogP contribution < -0.4 is 5.32 Å². The van der Waals surface area contributed by atoms with Crippen LogP contribution in [-0.4, -0.2) is 55.0 Å². The van der Waals surface area contributed by atoms with Gasteiger partial charge in [-0.15, -0.1) is 0 Å². The molecule has 0 aromatic carbocycles. The Bertz CT molecular complexity index is 375. The highest BCUT2D eigenvalue weighted by molar-refractivity contribution is 5.01. The van der Waals surface area contributed by atoms with E-state index in [1.165, 1.54) is 44.1 Å². The first-order valence-corrected chi connectivity index (χ1v) is 10.5. The third-order valence-electron chi connectivity index (χ3n) is 4.45. The summed E-state index contributed by atoms with van der Waals surface area (Å²) in [6.07, 6.45) is 12.7. The van der Waals surface area contributed by atoms with E-state index in [0.717, 1.165) is 32.2 Å². The SMILES string of the molecule is CC.CC(C)OCCC1CCCCC1.CNCCN(C)Cc1cn[nH]c1. The Hall–Kier alpha value is -0.910. The predicted molar refractivity (Wildman–Crippen MR) is 112 cm³/mol. The van der Waals surface area contributed by atoms with E-state index in [1.807, 2.05) is 33.3 Å². The van der Waals surface area contributed by atoms with Crippen molar-refractivity contribution >= 4 is 0 Å². The van der Waals surface area contributed by atoms with E-state index in [4.69, 9.17) is 4.74 Å². The lowest BCUT2D eigenvalue weighted by Gasteiger charge is -2.21. The van der Waals surface area contributed by atoms with Gasteiger partial charge in [0.1, 0.15) is 0 Å². The maximum atomic E-state index is 5.54. The molecule has 0 unspecified atom stereocenters. The molecule has 2 rings (SSSR count). The van der Waals surface area contributed by atoms with Crippen molar-refractivity contribution in [1.29, 1.82) is 0 Å². The highest BCUT2D eigenvalue weighted by Crippen LogP contribution is 2.26.